The van der Waals surface area contributed by atoms with Gasteiger partial charge in [0.25, 0.3) is 5.78 Å². The van der Waals surface area contributed by atoms with Crippen LogP contribution in [0.3, 0.4) is 0 Å². The van der Waals surface area contributed by atoms with Crippen LogP contribution in [0.5, 0.6) is 5.75 Å². The molecule has 2 rings (SSSR count). The molecular formula is C20H21ClF2N2O2. The molecule has 0 saturated heterocycles. The van der Waals surface area contributed by atoms with E-state index in [1.54, 1.807) is 26.3 Å². The van der Waals surface area contributed by atoms with E-state index in [-0.39, 0.29) is 11.3 Å². The number of carbonyl (C=O) groups is 1. The Morgan fingerprint density at radius 2 is 1.85 bits per heavy atom. The monoisotopic (exact) mass is 394 g/mol. The molecule has 0 aliphatic carbocycles. The van der Waals surface area contributed by atoms with Crippen molar-refractivity contribution in [2.24, 2.45) is 4.99 Å². The van der Waals surface area contributed by atoms with Gasteiger partial charge in [-0.3, -0.25) is 4.79 Å². The number of rotatable bonds is 7. The standard InChI is InChI=1S/C20H21ClF2N2O2/c1-5-25(4)12-24-18-11-13(2)17(10-14(18)3)19(26)20(22,23)27-16-8-6-15(21)7-9-16/h6-12H,5H2,1-4H3. The van der Waals surface area contributed by atoms with E-state index in [1.165, 1.54) is 30.3 Å². The van der Waals surface area contributed by atoms with E-state index in [9.17, 15) is 13.6 Å². The van der Waals surface area contributed by atoms with Gasteiger partial charge in [-0.2, -0.15) is 8.78 Å². The summed E-state index contributed by atoms with van der Waals surface area (Å²) in [5.41, 5.74) is 1.53. The highest BCUT2D eigenvalue weighted by Crippen LogP contribution is 2.30. The zero-order valence-corrected chi connectivity index (χ0v) is 16.3. The van der Waals surface area contributed by atoms with Gasteiger partial charge in [0.15, 0.2) is 0 Å². The summed E-state index contributed by atoms with van der Waals surface area (Å²) in [4.78, 5) is 18.6. The molecule has 0 bridgehead atoms. The lowest BCUT2D eigenvalue weighted by Crippen LogP contribution is -2.35. The highest BCUT2D eigenvalue weighted by atomic mass is 35.5. The number of alkyl halides is 2. The fourth-order valence-corrected chi connectivity index (χ4v) is 2.41. The van der Waals surface area contributed by atoms with E-state index in [4.69, 9.17) is 11.6 Å². The molecule has 0 unspecified atom stereocenters. The van der Waals surface area contributed by atoms with Crippen molar-refractivity contribution in [2.45, 2.75) is 26.9 Å². The molecule has 0 spiro atoms. The van der Waals surface area contributed by atoms with Crippen LogP contribution < -0.4 is 4.74 Å². The summed E-state index contributed by atoms with van der Waals surface area (Å²) < 4.78 is 33.3. The highest BCUT2D eigenvalue weighted by Gasteiger charge is 2.43. The molecule has 2 aromatic rings. The smallest absolute Gasteiger partial charge is 0.426 e. The molecule has 0 atom stereocenters. The van der Waals surface area contributed by atoms with Crippen molar-refractivity contribution in [1.82, 2.24) is 4.90 Å². The maximum atomic E-state index is 14.4. The highest BCUT2D eigenvalue weighted by molar-refractivity contribution is 6.30. The third-order valence-corrected chi connectivity index (χ3v) is 4.26. The average molecular weight is 395 g/mol. The Morgan fingerprint density at radius 1 is 1.22 bits per heavy atom. The van der Waals surface area contributed by atoms with E-state index < -0.39 is 11.9 Å². The number of carbonyl (C=O) groups excluding carboxylic acids is 1. The van der Waals surface area contributed by atoms with Gasteiger partial charge in [-0.1, -0.05) is 11.6 Å². The number of aliphatic imine (C=N–C) groups is 1. The second kappa shape index (κ2) is 8.48. The van der Waals surface area contributed by atoms with Gasteiger partial charge >= 0.3 is 6.11 Å². The molecule has 0 saturated carbocycles. The maximum Gasteiger partial charge on any atom is 0.466 e. The van der Waals surface area contributed by atoms with Crippen molar-refractivity contribution in [3.05, 3.63) is 58.1 Å². The second-order valence-corrected chi connectivity index (χ2v) is 6.61. The van der Waals surface area contributed by atoms with Crippen LogP contribution in [0.4, 0.5) is 14.5 Å². The summed E-state index contributed by atoms with van der Waals surface area (Å²) in [5, 5.41) is 0.383. The zero-order chi connectivity index (χ0) is 20.2. The number of ketones is 1. The van der Waals surface area contributed by atoms with Gasteiger partial charge in [0.2, 0.25) is 0 Å². The van der Waals surface area contributed by atoms with Crippen LogP contribution in [0.15, 0.2) is 41.4 Å². The lowest BCUT2D eigenvalue weighted by molar-refractivity contribution is -0.133. The number of hydrogen-bond donors (Lipinski definition) is 0. The molecule has 4 nitrogen and oxygen atoms in total. The number of ether oxygens (including phenoxy) is 1. The van der Waals surface area contributed by atoms with Gasteiger partial charge in [-0.25, -0.2) is 4.99 Å². The fourth-order valence-electron chi connectivity index (χ4n) is 2.28. The molecule has 0 heterocycles. The normalized spacial score (nSPS) is 11.7. The Hall–Kier alpha value is -2.47. The first-order valence-corrected chi connectivity index (χ1v) is 8.74. The van der Waals surface area contributed by atoms with Gasteiger partial charge in [-0.05, 0) is 68.3 Å². The summed E-state index contributed by atoms with van der Waals surface area (Å²) in [6.07, 6.45) is -2.35. The first-order valence-electron chi connectivity index (χ1n) is 8.37. The lowest BCUT2D eigenvalue weighted by atomic mass is 10.00. The number of halogens is 3. The lowest BCUT2D eigenvalue weighted by Gasteiger charge is -2.18. The second-order valence-electron chi connectivity index (χ2n) is 6.17. The van der Waals surface area contributed by atoms with Crippen LogP contribution in [-0.4, -0.2) is 36.7 Å². The van der Waals surface area contributed by atoms with Gasteiger partial charge in [0.05, 0.1) is 12.0 Å². The number of aryl methyl sites for hydroxylation is 2. The number of Topliss-reactive ketones (excluding diaryl/α,β-unsaturated/α-hetero) is 1. The quantitative estimate of drug-likeness (QED) is 0.357. The molecule has 0 aliphatic rings. The first-order chi connectivity index (χ1) is 12.6. The third-order valence-electron chi connectivity index (χ3n) is 4.00. The van der Waals surface area contributed by atoms with Gasteiger partial charge < -0.3 is 9.64 Å². The molecule has 0 aromatic heterocycles. The molecule has 27 heavy (non-hydrogen) atoms. The topological polar surface area (TPSA) is 41.9 Å². The third kappa shape index (κ3) is 5.26. The molecule has 0 radical (unpaired) electrons. The van der Waals surface area contributed by atoms with E-state index in [1.807, 2.05) is 18.9 Å². The summed E-state index contributed by atoms with van der Waals surface area (Å²) in [6, 6.07) is 8.41. The Labute approximate surface area is 162 Å². The Morgan fingerprint density at radius 3 is 2.44 bits per heavy atom. The van der Waals surface area contributed by atoms with Crippen molar-refractivity contribution < 1.29 is 18.3 Å². The molecule has 0 aliphatic heterocycles. The Kier molecular flexibility index (Phi) is 6.54. The predicted octanol–water partition coefficient (Wildman–Crippen LogP) is 5.42. The predicted molar refractivity (Wildman–Crippen MR) is 104 cm³/mol. The minimum atomic E-state index is -4.00. The summed E-state index contributed by atoms with van der Waals surface area (Å²) in [5.74, 6) is -1.55. The van der Waals surface area contributed by atoms with E-state index in [0.717, 1.165) is 6.54 Å². The van der Waals surface area contributed by atoms with Crippen LogP contribution in [0.2, 0.25) is 5.02 Å². The van der Waals surface area contributed by atoms with Crippen molar-refractivity contribution in [1.29, 1.82) is 0 Å². The van der Waals surface area contributed by atoms with Crippen LogP contribution in [-0.2, 0) is 0 Å². The number of hydrogen-bond acceptors (Lipinski definition) is 3. The minimum Gasteiger partial charge on any atom is -0.426 e. The van der Waals surface area contributed by atoms with E-state index in [0.29, 0.717) is 21.8 Å². The van der Waals surface area contributed by atoms with Crippen molar-refractivity contribution in [3.8, 4) is 5.75 Å². The summed E-state index contributed by atoms with van der Waals surface area (Å²) >= 11 is 5.72. The van der Waals surface area contributed by atoms with E-state index >= 15 is 0 Å². The molecule has 7 heteroatoms. The summed E-state index contributed by atoms with van der Waals surface area (Å²) in [6.45, 7) is 6.07. The SMILES string of the molecule is CCN(C)C=Nc1cc(C)c(C(=O)C(F)(F)Oc2ccc(Cl)cc2)cc1C. The number of nitrogens with zero attached hydrogens (tertiary/aromatic N) is 2. The molecular weight excluding hydrogens is 374 g/mol. The molecule has 144 valence electrons. The molecule has 0 N–H and O–H groups in total. The van der Waals surface area contributed by atoms with Crippen LogP contribution >= 0.6 is 11.6 Å². The van der Waals surface area contributed by atoms with Crippen molar-refractivity contribution in [3.63, 3.8) is 0 Å². The van der Waals surface area contributed by atoms with Crippen LogP contribution in [0.25, 0.3) is 0 Å². The van der Waals surface area contributed by atoms with Gasteiger partial charge in [-0.15, -0.1) is 0 Å². The van der Waals surface area contributed by atoms with Crippen molar-refractivity contribution >= 4 is 29.4 Å². The van der Waals surface area contributed by atoms with Crippen LogP contribution in [0, 0.1) is 13.8 Å². The fraction of sp³-hybridized carbons (Fsp3) is 0.300. The molecule has 2 aromatic carbocycles. The van der Waals surface area contributed by atoms with Gasteiger partial charge in [0, 0.05) is 24.2 Å². The minimum absolute atomic E-state index is 0.103. The Balaban J connectivity index is 2.28. The van der Waals surface area contributed by atoms with Crippen molar-refractivity contribution in [2.75, 3.05) is 13.6 Å². The zero-order valence-electron chi connectivity index (χ0n) is 15.6. The first kappa shape index (κ1) is 20.8. The average Bonchev–Trinajstić information content (AvgIpc) is 2.62. The molecule has 0 fully saturated rings. The largest absolute Gasteiger partial charge is 0.466 e. The maximum absolute atomic E-state index is 14.4. The van der Waals surface area contributed by atoms with Gasteiger partial charge in [0.1, 0.15) is 5.75 Å². The summed E-state index contributed by atoms with van der Waals surface area (Å²) in [7, 11) is 1.87. The van der Waals surface area contributed by atoms with Crippen LogP contribution in [0.1, 0.15) is 28.4 Å². The van der Waals surface area contributed by atoms with E-state index in [2.05, 4.69) is 9.73 Å². The molecule has 0 amide bonds. The Bertz CT molecular complexity index is 852. The number of benzene rings is 2.